The number of hydrogen-bond donors (Lipinski definition) is 1. The molecule has 2 unspecified atom stereocenters. The maximum atomic E-state index is 9.08. The first-order valence-electron chi connectivity index (χ1n) is 5.07. The normalized spacial score (nSPS) is 27.7. The van der Waals surface area contributed by atoms with Crippen LogP contribution in [0.5, 0.6) is 0 Å². The summed E-state index contributed by atoms with van der Waals surface area (Å²) in [5.41, 5.74) is 0. The molecular weight excluding hydrogens is 202 g/mol. The van der Waals surface area contributed by atoms with Gasteiger partial charge in [0.1, 0.15) is 0 Å². The third-order valence-corrected chi connectivity index (χ3v) is 2.56. The summed E-state index contributed by atoms with van der Waals surface area (Å²) >= 11 is 0. The largest absolute Gasteiger partial charge is 0.748 e. The standard InChI is InChI=1S/C8H17N.CH4O3S/c1-3-8-6-4-5-7-9(8)2;1-5(2,3)4/h8H,3-7H2,1-2H3;1H3,(H,2,3,4). The van der Waals surface area contributed by atoms with Crippen LogP contribution in [0.4, 0.5) is 0 Å². The minimum absolute atomic E-state index is 0.604. The lowest BCUT2D eigenvalue weighted by Crippen LogP contribution is -3.13. The molecule has 4 nitrogen and oxygen atoms in total. The molecule has 0 amide bonds. The molecular formula is C9H21NO3S. The van der Waals surface area contributed by atoms with Crippen molar-refractivity contribution in [1.29, 1.82) is 0 Å². The van der Waals surface area contributed by atoms with E-state index in [9.17, 15) is 0 Å². The van der Waals surface area contributed by atoms with Crippen LogP contribution < -0.4 is 4.90 Å². The molecule has 0 saturated carbocycles. The number of likely N-dealkylation sites (tertiary alicyclic amines) is 1. The topological polar surface area (TPSA) is 61.6 Å². The number of piperidine rings is 1. The monoisotopic (exact) mass is 223 g/mol. The highest BCUT2D eigenvalue weighted by Crippen LogP contribution is 2.04. The van der Waals surface area contributed by atoms with Gasteiger partial charge in [0, 0.05) is 6.26 Å². The van der Waals surface area contributed by atoms with Crippen molar-refractivity contribution in [3.63, 3.8) is 0 Å². The van der Waals surface area contributed by atoms with Crippen molar-refractivity contribution in [1.82, 2.24) is 0 Å². The Bertz CT molecular complexity index is 230. The Morgan fingerprint density at radius 3 is 2.21 bits per heavy atom. The Morgan fingerprint density at radius 2 is 1.93 bits per heavy atom. The molecule has 1 rings (SSSR count). The van der Waals surface area contributed by atoms with Gasteiger partial charge in [-0.1, -0.05) is 6.92 Å². The van der Waals surface area contributed by atoms with Crippen LogP contribution in [-0.4, -0.2) is 38.9 Å². The maximum absolute atomic E-state index is 9.08. The molecule has 1 fully saturated rings. The van der Waals surface area contributed by atoms with Crippen LogP contribution in [0, 0.1) is 0 Å². The van der Waals surface area contributed by atoms with Gasteiger partial charge in [0.15, 0.2) is 0 Å². The molecule has 5 heteroatoms. The SMILES string of the molecule is CCC1CCCC[NH+]1C.CS(=O)(=O)[O-]. The first-order chi connectivity index (χ1) is 6.34. The molecule has 1 aliphatic heterocycles. The van der Waals surface area contributed by atoms with Crippen LogP contribution in [0.2, 0.25) is 0 Å². The van der Waals surface area contributed by atoms with E-state index in [1.165, 1.54) is 32.2 Å². The molecule has 14 heavy (non-hydrogen) atoms. The predicted molar refractivity (Wildman–Crippen MR) is 55.3 cm³/mol. The average molecular weight is 223 g/mol. The van der Waals surface area contributed by atoms with Crippen LogP contribution >= 0.6 is 0 Å². The third kappa shape index (κ3) is 8.47. The van der Waals surface area contributed by atoms with Crippen molar-refractivity contribution >= 4 is 10.1 Å². The van der Waals surface area contributed by atoms with Gasteiger partial charge in [-0.3, -0.25) is 0 Å². The lowest BCUT2D eigenvalue weighted by molar-refractivity contribution is -0.911. The van der Waals surface area contributed by atoms with Crippen LogP contribution in [0.25, 0.3) is 0 Å². The van der Waals surface area contributed by atoms with Gasteiger partial charge in [0.25, 0.3) is 0 Å². The molecule has 0 bridgehead atoms. The fourth-order valence-corrected chi connectivity index (χ4v) is 1.80. The number of nitrogens with one attached hydrogen (secondary N) is 1. The summed E-state index contributed by atoms with van der Waals surface area (Å²) in [4.78, 5) is 1.75. The molecule has 0 aromatic rings. The first kappa shape index (κ1) is 13.9. The van der Waals surface area contributed by atoms with E-state index in [4.69, 9.17) is 13.0 Å². The molecule has 2 atom stereocenters. The Kier molecular flexibility index (Phi) is 6.31. The van der Waals surface area contributed by atoms with E-state index >= 15 is 0 Å². The zero-order valence-corrected chi connectivity index (χ0v) is 10.1. The summed E-state index contributed by atoms with van der Waals surface area (Å²) in [7, 11) is -1.59. The highest BCUT2D eigenvalue weighted by atomic mass is 32.2. The summed E-state index contributed by atoms with van der Waals surface area (Å²) in [6.07, 6.45) is 6.35. The van der Waals surface area contributed by atoms with Gasteiger partial charge in [0.05, 0.1) is 29.8 Å². The Balaban J connectivity index is 0.000000292. The number of rotatable bonds is 1. The minimum Gasteiger partial charge on any atom is -0.748 e. The fraction of sp³-hybridized carbons (Fsp3) is 1.00. The van der Waals surface area contributed by atoms with Gasteiger partial charge in [-0.2, -0.15) is 0 Å². The average Bonchev–Trinajstić information content (AvgIpc) is 2.02. The molecule has 0 radical (unpaired) electrons. The molecule has 1 N–H and O–H groups in total. The van der Waals surface area contributed by atoms with E-state index in [0.717, 1.165) is 6.04 Å². The van der Waals surface area contributed by atoms with Crippen LogP contribution in [0.3, 0.4) is 0 Å². The van der Waals surface area contributed by atoms with Gasteiger partial charge < -0.3 is 9.45 Å². The quantitative estimate of drug-likeness (QED) is 0.617. The summed E-state index contributed by atoms with van der Waals surface area (Å²) in [6.45, 7) is 3.71. The second-order valence-corrected chi connectivity index (χ2v) is 5.31. The molecule has 0 aromatic heterocycles. The summed E-state index contributed by atoms with van der Waals surface area (Å²) in [5.74, 6) is 0. The molecule has 1 saturated heterocycles. The van der Waals surface area contributed by atoms with E-state index in [1.807, 2.05) is 0 Å². The van der Waals surface area contributed by atoms with Crippen LogP contribution in [0.1, 0.15) is 32.6 Å². The molecule has 0 aliphatic carbocycles. The molecule has 1 aliphatic rings. The van der Waals surface area contributed by atoms with Gasteiger partial charge in [-0.15, -0.1) is 0 Å². The van der Waals surface area contributed by atoms with Crippen molar-refractivity contribution in [3.8, 4) is 0 Å². The second kappa shape index (κ2) is 6.37. The zero-order chi connectivity index (χ0) is 11.2. The lowest BCUT2D eigenvalue weighted by atomic mass is 10.0. The van der Waals surface area contributed by atoms with Crippen molar-refractivity contribution in [3.05, 3.63) is 0 Å². The van der Waals surface area contributed by atoms with E-state index in [-0.39, 0.29) is 0 Å². The smallest absolute Gasteiger partial charge is 0.0916 e. The Hall–Kier alpha value is -0.130. The van der Waals surface area contributed by atoms with E-state index in [2.05, 4.69) is 14.0 Å². The fourth-order valence-electron chi connectivity index (χ4n) is 1.80. The minimum atomic E-state index is -3.92. The highest BCUT2D eigenvalue weighted by molar-refractivity contribution is 7.84. The van der Waals surface area contributed by atoms with Crippen LogP contribution in [-0.2, 0) is 10.1 Å². The zero-order valence-electron chi connectivity index (χ0n) is 9.25. The van der Waals surface area contributed by atoms with Gasteiger partial charge in [-0.05, 0) is 25.7 Å². The lowest BCUT2D eigenvalue weighted by Gasteiger charge is -2.28. The Labute approximate surface area is 87.0 Å². The van der Waals surface area contributed by atoms with Gasteiger partial charge >= 0.3 is 0 Å². The molecule has 1 heterocycles. The van der Waals surface area contributed by atoms with Crippen molar-refractivity contribution < 1.29 is 17.9 Å². The Morgan fingerprint density at radius 1 is 1.43 bits per heavy atom. The van der Waals surface area contributed by atoms with Gasteiger partial charge in [-0.25, -0.2) is 8.42 Å². The highest BCUT2D eigenvalue weighted by Gasteiger charge is 2.19. The first-order valence-corrected chi connectivity index (χ1v) is 6.89. The summed E-state index contributed by atoms with van der Waals surface area (Å²) in [5, 5.41) is 0. The molecule has 0 aromatic carbocycles. The van der Waals surface area contributed by atoms with Crippen molar-refractivity contribution in [2.45, 2.75) is 38.6 Å². The number of quaternary nitrogens is 1. The van der Waals surface area contributed by atoms with Crippen LogP contribution in [0.15, 0.2) is 0 Å². The van der Waals surface area contributed by atoms with E-state index in [1.54, 1.807) is 4.90 Å². The van der Waals surface area contributed by atoms with Crippen molar-refractivity contribution in [2.75, 3.05) is 19.8 Å². The van der Waals surface area contributed by atoms with Crippen molar-refractivity contribution in [2.24, 2.45) is 0 Å². The summed E-state index contributed by atoms with van der Waals surface area (Å²) < 4.78 is 27.2. The summed E-state index contributed by atoms with van der Waals surface area (Å²) in [6, 6.07) is 0.971. The maximum Gasteiger partial charge on any atom is 0.0916 e. The predicted octanol–water partition coefficient (Wildman–Crippen LogP) is -0.375. The van der Waals surface area contributed by atoms with E-state index in [0.29, 0.717) is 6.26 Å². The number of hydrogen-bond acceptors (Lipinski definition) is 3. The van der Waals surface area contributed by atoms with E-state index < -0.39 is 10.1 Å². The molecule has 0 spiro atoms. The molecule has 86 valence electrons. The second-order valence-electron chi connectivity index (χ2n) is 3.90. The van der Waals surface area contributed by atoms with Gasteiger partial charge in [0.2, 0.25) is 0 Å². The third-order valence-electron chi connectivity index (χ3n) is 2.56.